The second kappa shape index (κ2) is 8.50. The molecule has 26 heavy (non-hydrogen) atoms. The van der Waals surface area contributed by atoms with Gasteiger partial charge in [0.15, 0.2) is 0 Å². The summed E-state index contributed by atoms with van der Waals surface area (Å²) in [7, 11) is 0. The molecule has 0 spiro atoms. The highest BCUT2D eigenvalue weighted by Crippen LogP contribution is 2.22. The summed E-state index contributed by atoms with van der Waals surface area (Å²) in [4.78, 5) is 0. The third-order valence-corrected chi connectivity index (χ3v) is 4.47. The molecule has 3 aromatic rings. The van der Waals surface area contributed by atoms with Gasteiger partial charge in [-0.15, -0.1) is 0 Å². The number of halogens is 1. The number of hydrogen-bond acceptors (Lipinski definition) is 0. The number of benzene rings is 3. The van der Waals surface area contributed by atoms with Crippen molar-refractivity contribution in [3.8, 4) is 23.0 Å². The van der Waals surface area contributed by atoms with Crippen molar-refractivity contribution in [2.75, 3.05) is 0 Å². The van der Waals surface area contributed by atoms with E-state index in [0.717, 1.165) is 23.1 Å². The molecule has 0 nitrogen and oxygen atoms in total. The zero-order valence-electron chi connectivity index (χ0n) is 15.4. The van der Waals surface area contributed by atoms with Crippen molar-refractivity contribution in [2.45, 2.75) is 33.1 Å². The number of rotatable bonds is 4. The monoisotopic (exact) mass is 342 g/mol. The van der Waals surface area contributed by atoms with Crippen LogP contribution in [0.1, 0.15) is 42.0 Å². The predicted octanol–water partition coefficient (Wildman–Crippen LogP) is 6.54. The maximum atomic E-state index is 14.4. The minimum absolute atomic E-state index is 0.282. The van der Waals surface area contributed by atoms with Gasteiger partial charge in [0.25, 0.3) is 0 Å². The smallest absolute Gasteiger partial charge is 0.139 e. The Morgan fingerprint density at radius 1 is 0.808 bits per heavy atom. The Morgan fingerprint density at radius 3 is 2.15 bits per heavy atom. The van der Waals surface area contributed by atoms with Gasteiger partial charge in [0.05, 0.1) is 5.56 Å². The normalized spacial score (nSPS) is 10.3. The van der Waals surface area contributed by atoms with E-state index in [1.54, 1.807) is 12.1 Å². The lowest BCUT2D eigenvalue weighted by atomic mass is 10.0. The van der Waals surface area contributed by atoms with Crippen molar-refractivity contribution in [1.29, 1.82) is 0 Å². The molecule has 130 valence electrons. The van der Waals surface area contributed by atoms with Crippen LogP contribution >= 0.6 is 0 Å². The average molecular weight is 342 g/mol. The van der Waals surface area contributed by atoms with E-state index in [2.05, 4.69) is 30.9 Å². The van der Waals surface area contributed by atoms with E-state index in [1.807, 2.05) is 49.4 Å². The Kier molecular flexibility index (Phi) is 5.87. The molecular weight excluding hydrogens is 319 g/mol. The zero-order valence-corrected chi connectivity index (χ0v) is 15.4. The van der Waals surface area contributed by atoms with Gasteiger partial charge in [-0.1, -0.05) is 73.2 Å². The third-order valence-electron chi connectivity index (χ3n) is 4.47. The van der Waals surface area contributed by atoms with E-state index < -0.39 is 0 Å². The Balaban J connectivity index is 1.76. The molecule has 0 amide bonds. The number of hydrogen-bond donors (Lipinski definition) is 0. The first kappa shape index (κ1) is 18.0. The maximum absolute atomic E-state index is 14.4. The molecule has 3 rings (SSSR count). The molecule has 0 radical (unpaired) electrons. The molecule has 3 aromatic carbocycles. The van der Waals surface area contributed by atoms with Crippen molar-refractivity contribution >= 4 is 0 Å². The molecule has 0 heterocycles. The molecule has 0 saturated heterocycles. The Labute approximate surface area is 155 Å². The minimum Gasteiger partial charge on any atom is -0.206 e. The van der Waals surface area contributed by atoms with Crippen LogP contribution in [0.25, 0.3) is 11.1 Å². The standard InChI is InChI=1S/C25H23F/c1-3-4-5-20-8-10-21(11-9-20)12-15-23-16-17-24(18-25(23)26)22-13-6-19(2)7-14-22/h6-11,13-14,16-18H,3-5H2,1-2H3. The summed E-state index contributed by atoms with van der Waals surface area (Å²) < 4.78 is 14.4. The highest BCUT2D eigenvalue weighted by molar-refractivity contribution is 5.65. The molecule has 0 aromatic heterocycles. The molecule has 0 aliphatic heterocycles. The summed E-state index contributed by atoms with van der Waals surface area (Å²) >= 11 is 0. The minimum atomic E-state index is -0.282. The SMILES string of the molecule is CCCCc1ccc(C#Cc2ccc(-c3ccc(C)cc3)cc2F)cc1. The summed E-state index contributed by atoms with van der Waals surface area (Å²) in [5.41, 5.74) is 5.73. The van der Waals surface area contributed by atoms with E-state index >= 15 is 0 Å². The molecule has 0 N–H and O–H groups in total. The quantitative estimate of drug-likeness (QED) is 0.472. The van der Waals surface area contributed by atoms with Crippen LogP contribution in [0.5, 0.6) is 0 Å². The summed E-state index contributed by atoms with van der Waals surface area (Å²) in [6.45, 7) is 4.23. The first-order valence-corrected chi connectivity index (χ1v) is 9.13. The highest BCUT2D eigenvalue weighted by Gasteiger charge is 2.03. The molecule has 0 saturated carbocycles. The van der Waals surface area contributed by atoms with E-state index in [1.165, 1.54) is 24.0 Å². The van der Waals surface area contributed by atoms with E-state index in [0.29, 0.717) is 5.56 Å². The Hall–Kier alpha value is -2.85. The van der Waals surface area contributed by atoms with Gasteiger partial charge in [0.1, 0.15) is 5.82 Å². The summed E-state index contributed by atoms with van der Waals surface area (Å²) in [5.74, 6) is 5.73. The van der Waals surface area contributed by atoms with Gasteiger partial charge in [-0.05, 0) is 60.7 Å². The van der Waals surface area contributed by atoms with Crippen molar-refractivity contribution < 1.29 is 4.39 Å². The molecule has 0 fully saturated rings. The number of unbranched alkanes of at least 4 members (excludes halogenated alkanes) is 1. The van der Waals surface area contributed by atoms with Crippen LogP contribution in [-0.2, 0) is 6.42 Å². The molecule has 1 heteroatoms. The third kappa shape index (κ3) is 4.61. The maximum Gasteiger partial charge on any atom is 0.139 e. The fourth-order valence-corrected chi connectivity index (χ4v) is 2.82. The van der Waals surface area contributed by atoms with Crippen molar-refractivity contribution in [1.82, 2.24) is 0 Å². The Morgan fingerprint density at radius 2 is 1.50 bits per heavy atom. The van der Waals surface area contributed by atoms with Crippen molar-refractivity contribution in [3.05, 3.63) is 94.8 Å². The van der Waals surface area contributed by atoms with Crippen LogP contribution < -0.4 is 0 Å². The number of aryl methyl sites for hydroxylation is 2. The lowest BCUT2D eigenvalue weighted by molar-refractivity contribution is 0.625. The molecule has 0 aliphatic carbocycles. The zero-order chi connectivity index (χ0) is 18.4. The average Bonchev–Trinajstić information content (AvgIpc) is 2.67. The van der Waals surface area contributed by atoms with Gasteiger partial charge in [-0.25, -0.2) is 4.39 Å². The van der Waals surface area contributed by atoms with E-state index in [4.69, 9.17) is 0 Å². The topological polar surface area (TPSA) is 0 Å². The summed E-state index contributed by atoms with van der Waals surface area (Å²) in [6.07, 6.45) is 3.49. The molecular formula is C25H23F. The first-order chi connectivity index (χ1) is 12.7. The predicted molar refractivity (Wildman–Crippen MR) is 108 cm³/mol. The highest BCUT2D eigenvalue weighted by atomic mass is 19.1. The second-order valence-corrected chi connectivity index (χ2v) is 6.61. The fraction of sp³-hybridized carbons (Fsp3) is 0.200. The van der Waals surface area contributed by atoms with Crippen LogP contribution in [-0.4, -0.2) is 0 Å². The van der Waals surface area contributed by atoms with Crippen molar-refractivity contribution in [3.63, 3.8) is 0 Å². The van der Waals surface area contributed by atoms with Crippen LogP contribution in [0.3, 0.4) is 0 Å². The van der Waals surface area contributed by atoms with Gasteiger partial charge in [0, 0.05) is 5.56 Å². The lowest BCUT2D eigenvalue weighted by Gasteiger charge is -2.04. The second-order valence-electron chi connectivity index (χ2n) is 6.61. The largest absolute Gasteiger partial charge is 0.206 e. The molecule has 0 unspecified atom stereocenters. The van der Waals surface area contributed by atoms with E-state index in [9.17, 15) is 4.39 Å². The van der Waals surface area contributed by atoms with E-state index in [-0.39, 0.29) is 5.82 Å². The van der Waals surface area contributed by atoms with Crippen LogP contribution in [0.2, 0.25) is 0 Å². The van der Waals surface area contributed by atoms with Crippen LogP contribution in [0, 0.1) is 24.6 Å². The molecule has 0 atom stereocenters. The van der Waals surface area contributed by atoms with Gasteiger partial charge in [-0.3, -0.25) is 0 Å². The van der Waals surface area contributed by atoms with Crippen LogP contribution in [0.4, 0.5) is 4.39 Å². The van der Waals surface area contributed by atoms with Gasteiger partial charge < -0.3 is 0 Å². The van der Waals surface area contributed by atoms with Crippen LogP contribution in [0.15, 0.2) is 66.7 Å². The fourth-order valence-electron chi connectivity index (χ4n) is 2.82. The van der Waals surface area contributed by atoms with Crippen molar-refractivity contribution in [2.24, 2.45) is 0 Å². The van der Waals surface area contributed by atoms with Gasteiger partial charge in [0.2, 0.25) is 0 Å². The molecule has 0 bridgehead atoms. The summed E-state index contributed by atoms with van der Waals surface area (Å²) in [6, 6.07) is 21.6. The lowest BCUT2D eigenvalue weighted by Crippen LogP contribution is -1.87. The van der Waals surface area contributed by atoms with Gasteiger partial charge >= 0.3 is 0 Å². The summed E-state index contributed by atoms with van der Waals surface area (Å²) in [5, 5.41) is 0. The van der Waals surface area contributed by atoms with Gasteiger partial charge in [-0.2, -0.15) is 0 Å². The molecule has 0 aliphatic rings. The first-order valence-electron chi connectivity index (χ1n) is 9.13. The Bertz CT molecular complexity index is 923.